The minimum atomic E-state index is -0.320. The molecule has 0 unspecified atom stereocenters. The molecule has 24 heavy (non-hydrogen) atoms. The summed E-state index contributed by atoms with van der Waals surface area (Å²) in [6.45, 7) is 5.67. The molecule has 0 atom stereocenters. The molecular formula is C20H24FNO2. The SMILES string of the molecule is Cc1ccc(Oc2ccc(F)cc2OCCN2CCCCC2)cc1. The van der Waals surface area contributed by atoms with Crippen LogP contribution in [-0.2, 0) is 0 Å². The van der Waals surface area contributed by atoms with Gasteiger partial charge in [-0.1, -0.05) is 24.1 Å². The molecule has 0 amide bonds. The Morgan fingerprint density at radius 1 is 0.958 bits per heavy atom. The summed E-state index contributed by atoms with van der Waals surface area (Å²) in [4.78, 5) is 2.39. The van der Waals surface area contributed by atoms with Crippen LogP contribution >= 0.6 is 0 Å². The summed E-state index contributed by atoms with van der Waals surface area (Å²) < 4.78 is 25.2. The summed E-state index contributed by atoms with van der Waals surface area (Å²) in [5, 5.41) is 0. The third-order valence-electron chi connectivity index (χ3n) is 4.27. The van der Waals surface area contributed by atoms with E-state index < -0.39 is 0 Å². The Morgan fingerprint density at radius 2 is 1.71 bits per heavy atom. The van der Waals surface area contributed by atoms with Gasteiger partial charge in [0.1, 0.15) is 18.2 Å². The van der Waals surface area contributed by atoms with Gasteiger partial charge >= 0.3 is 0 Å². The van der Waals surface area contributed by atoms with Gasteiger partial charge < -0.3 is 9.47 Å². The zero-order chi connectivity index (χ0) is 16.8. The maximum Gasteiger partial charge on any atom is 0.169 e. The van der Waals surface area contributed by atoms with Crippen molar-refractivity contribution in [3.63, 3.8) is 0 Å². The molecule has 2 aromatic rings. The number of hydrogen-bond acceptors (Lipinski definition) is 3. The van der Waals surface area contributed by atoms with Crippen molar-refractivity contribution >= 4 is 0 Å². The Bertz CT molecular complexity index is 651. The summed E-state index contributed by atoms with van der Waals surface area (Å²) in [5.41, 5.74) is 1.17. The minimum absolute atomic E-state index is 0.320. The van der Waals surface area contributed by atoms with Crippen molar-refractivity contribution in [2.45, 2.75) is 26.2 Å². The normalized spacial score (nSPS) is 15.2. The van der Waals surface area contributed by atoms with E-state index in [9.17, 15) is 4.39 Å². The monoisotopic (exact) mass is 329 g/mol. The smallest absolute Gasteiger partial charge is 0.169 e. The van der Waals surface area contributed by atoms with Crippen LogP contribution in [0.4, 0.5) is 4.39 Å². The first-order valence-corrected chi connectivity index (χ1v) is 8.60. The van der Waals surface area contributed by atoms with Gasteiger partial charge in [-0.25, -0.2) is 4.39 Å². The Labute approximate surface area is 143 Å². The van der Waals surface area contributed by atoms with Crippen LogP contribution in [0.1, 0.15) is 24.8 Å². The number of halogens is 1. The highest BCUT2D eigenvalue weighted by molar-refractivity contribution is 5.43. The quantitative estimate of drug-likeness (QED) is 0.760. The molecule has 0 saturated carbocycles. The van der Waals surface area contributed by atoms with Gasteiger partial charge in [-0.2, -0.15) is 0 Å². The van der Waals surface area contributed by atoms with Crippen LogP contribution in [0, 0.1) is 12.7 Å². The molecule has 128 valence electrons. The molecule has 1 aliphatic heterocycles. The van der Waals surface area contributed by atoms with Gasteiger partial charge in [0, 0.05) is 12.6 Å². The maximum atomic E-state index is 13.6. The Kier molecular flexibility index (Phi) is 5.70. The Hall–Kier alpha value is -2.07. The largest absolute Gasteiger partial charge is 0.488 e. The standard InChI is InChI=1S/C20H24FNO2/c1-16-5-8-18(9-6-16)24-19-10-7-17(21)15-20(19)23-14-13-22-11-3-2-4-12-22/h5-10,15H,2-4,11-14H2,1H3. The number of likely N-dealkylation sites (tertiary alicyclic amines) is 1. The van der Waals surface area contributed by atoms with E-state index in [2.05, 4.69) is 4.90 Å². The van der Waals surface area contributed by atoms with Crippen LogP contribution in [0.5, 0.6) is 17.2 Å². The van der Waals surface area contributed by atoms with Gasteiger partial charge in [-0.15, -0.1) is 0 Å². The summed E-state index contributed by atoms with van der Waals surface area (Å²) in [6, 6.07) is 12.2. The van der Waals surface area contributed by atoms with Crippen molar-refractivity contribution < 1.29 is 13.9 Å². The Morgan fingerprint density at radius 3 is 2.46 bits per heavy atom. The molecule has 1 saturated heterocycles. The predicted octanol–water partition coefficient (Wildman–Crippen LogP) is 4.79. The second kappa shape index (κ2) is 8.15. The maximum absolute atomic E-state index is 13.6. The zero-order valence-corrected chi connectivity index (χ0v) is 14.1. The summed E-state index contributed by atoms with van der Waals surface area (Å²) in [6.07, 6.45) is 3.82. The van der Waals surface area contributed by atoms with Crippen molar-refractivity contribution in [1.29, 1.82) is 0 Å². The van der Waals surface area contributed by atoms with Crippen molar-refractivity contribution in [3.8, 4) is 17.2 Å². The molecule has 0 aliphatic carbocycles. The Balaban J connectivity index is 1.62. The molecule has 1 heterocycles. The first kappa shape index (κ1) is 16.8. The van der Waals surface area contributed by atoms with Gasteiger partial charge in [0.05, 0.1) is 0 Å². The molecule has 0 spiro atoms. The molecule has 4 heteroatoms. The molecular weight excluding hydrogens is 305 g/mol. The molecule has 1 aliphatic rings. The molecule has 1 fully saturated rings. The lowest BCUT2D eigenvalue weighted by Crippen LogP contribution is -2.33. The van der Waals surface area contributed by atoms with E-state index >= 15 is 0 Å². The lowest BCUT2D eigenvalue weighted by molar-refractivity contribution is 0.181. The number of aryl methyl sites for hydroxylation is 1. The number of rotatable bonds is 6. The number of hydrogen-bond donors (Lipinski definition) is 0. The van der Waals surface area contributed by atoms with E-state index in [1.807, 2.05) is 31.2 Å². The number of piperidine rings is 1. The molecule has 0 bridgehead atoms. The van der Waals surface area contributed by atoms with Crippen LogP contribution in [-0.4, -0.2) is 31.1 Å². The number of benzene rings is 2. The first-order valence-electron chi connectivity index (χ1n) is 8.60. The molecule has 0 radical (unpaired) electrons. The fourth-order valence-electron chi connectivity index (χ4n) is 2.88. The summed E-state index contributed by atoms with van der Waals surface area (Å²) in [5.74, 6) is 1.39. The van der Waals surface area contributed by atoms with E-state index in [0.29, 0.717) is 23.9 Å². The van der Waals surface area contributed by atoms with Crippen LogP contribution in [0.25, 0.3) is 0 Å². The lowest BCUT2D eigenvalue weighted by atomic mass is 10.1. The van der Waals surface area contributed by atoms with E-state index in [0.717, 1.165) is 19.6 Å². The van der Waals surface area contributed by atoms with Crippen LogP contribution in [0.15, 0.2) is 42.5 Å². The highest BCUT2D eigenvalue weighted by atomic mass is 19.1. The van der Waals surface area contributed by atoms with Crippen molar-refractivity contribution in [2.24, 2.45) is 0 Å². The van der Waals surface area contributed by atoms with Gasteiger partial charge in [-0.3, -0.25) is 4.90 Å². The zero-order valence-electron chi connectivity index (χ0n) is 14.1. The highest BCUT2D eigenvalue weighted by Gasteiger charge is 2.12. The van der Waals surface area contributed by atoms with Crippen LogP contribution < -0.4 is 9.47 Å². The van der Waals surface area contributed by atoms with Crippen molar-refractivity contribution in [1.82, 2.24) is 4.90 Å². The molecule has 0 N–H and O–H groups in total. The van der Waals surface area contributed by atoms with Gasteiger partial charge in [0.2, 0.25) is 0 Å². The van der Waals surface area contributed by atoms with Gasteiger partial charge in [-0.05, 0) is 57.1 Å². The van der Waals surface area contributed by atoms with Gasteiger partial charge in [0.15, 0.2) is 11.5 Å². The van der Waals surface area contributed by atoms with E-state index in [1.54, 1.807) is 6.07 Å². The van der Waals surface area contributed by atoms with E-state index in [4.69, 9.17) is 9.47 Å². The van der Waals surface area contributed by atoms with Gasteiger partial charge in [0.25, 0.3) is 0 Å². The van der Waals surface area contributed by atoms with Crippen LogP contribution in [0.3, 0.4) is 0 Å². The molecule has 3 nitrogen and oxygen atoms in total. The topological polar surface area (TPSA) is 21.7 Å². The third-order valence-corrected chi connectivity index (χ3v) is 4.27. The fourth-order valence-corrected chi connectivity index (χ4v) is 2.88. The molecule has 3 rings (SSSR count). The predicted molar refractivity (Wildman–Crippen MR) is 93.4 cm³/mol. The van der Waals surface area contributed by atoms with Crippen molar-refractivity contribution in [2.75, 3.05) is 26.2 Å². The minimum Gasteiger partial charge on any atom is -0.488 e. The highest BCUT2D eigenvalue weighted by Crippen LogP contribution is 2.32. The molecule has 0 aromatic heterocycles. The van der Waals surface area contributed by atoms with Crippen molar-refractivity contribution in [3.05, 3.63) is 53.8 Å². The number of nitrogens with zero attached hydrogens (tertiary/aromatic N) is 1. The third kappa shape index (κ3) is 4.71. The molecule has 2 aromatic carbocycles. The van der Waals surface area contributed by atoms with Crippen LogP contribution in [0.2, 0.25) is 0 Å². The average Bonchev–Trinajstić information content (AvgIpc) is 2.60. The van der Waals surface area contributed by atoms with E-state index in [-0.39, 0.29) is 5.82 Å². The first-order chi connectivity index (χ1) is 11.7. The second-order valence-electron chi connectivity index (χ2n) is 6.26. The van der Waals surface area contributed by atoms with E-state index in [1.165, 1.54) is 37.0 Å². The average molecular weight is 329 g/mol. The summed E-state index contributed by atoms with van der Waals surface area (Å²) >= 11 is 0. The second-order valence-corrected chi connectivity index (χ2v) is 6.26. The summed E-state index contributed by atoms with van der Waals surface area (Å²) in [7, 11) is 0. The fraction of sp³-hybridized carbons (Fsp3) is 0.400. The number of ether oxygens (including phenoxy) is 2. The lowest BCUT2D eigenvalue weighted by Gasteiger charge is -2.26.